The average molecular weight is 255 g/mol. The topological polar surface area (TPSA) is 63.6 Å². The number of nitrogens with one attached hydrogen (secondary N) is 1. The summed E-state index contributed by atoms with van der Waals surface area (Å²) in [6.45, 7) is 4.92. The normalized spacial score (nSPS) is 14.6. The van der Waals surface area contributed by atoms with Crippen molar-refractivity contribution in [3.8, 4) is 11.5 Å². The molecule has 0 aromatic carbocycles. The van der Waals surface area contributed by atoms with Crippen LogP contribution in [0.4, 0.5) is 0 Å². The largest absolute Gasteiger partial charge is 0.310 e. The van der Waals surface area contributed by atoms with Gasteiger partial charge in [0.1, 0.15) is 12.0 Å². The number of rotatable bonds is 4. The first-order valence-electron chi connectivity index (χ1n) is 6.58. The second-order valence-corrected chi connectivity index (χ2v) is 4.95. The van der Waals surface area contributed by atoms with Crippen molar-refractivity contribution in [3.05, 3.63) is 35.5 Å². The lowest BCUT2D eigenvalue weighted by Crippen LogP contribution is -2.18. The Labute approximate surface area is 112 Å². The van der Waals surface area contributed by atoms with Crippen LogP contribution in [0.25, 0.3) is 11.5 Å². The summed E-state index contributed by atoms with van der Waals surface area (Å²) in [7, 11) is 0. The Balaban J connectivity index is 1.88. The number of nitrogens with zero attached hydrogens (tertiary/aromatic N) is 4. The van der Waals surface area contributed by atoms with E-state index in [1.807, 2.05) is 19.9 Å². The molecule has 2 aromatic rings. The summed E-state index contributed by atoms with van der Waals surface area (Å²) in [4.78, 5) is 17.2. The van der Waals surface area contributed by atoms with Crippen molar-refractivity contribution in [2.75, 3.05) is 0 Å². The van der Waals surface area contributed by atoms with Gasteiger partial charge in [-0.1, -0.05) is 0 Å². The highest BCUT2D eigenvalue weighted by molar-refractivity contribution is 5.49. The van der Waals surface area contributed by atoms with Crippen molar-refractivity contribution in [3.63, 3.8) is 0 Å². The lowest BCUT2D eigenvalue weighted by molar-refractivity contribution is 0.675. The van der Waals surface area contributed by atoms with Gasteiger partial charge < -0.3 is 5.32 Å². The van der Waals surface area contributed by atoms with E-state index >= 15 is 0 Å². The molecule has 1 aliphatic carbocycles. The highest BCUT2D eigenvalue weighted by Crippen LogP contribution is 2.21. The molecule has 98 valence electrons. The van der Waals surface area contributed by atoms with Crippen LogP contribution in [0, 0.1) is 13.8 Å². The third-order valence-corrected chi connectivity index (χ3v) is 3.38. The zero-order valence-electron chi connectivity index (χ0n) is 11.2. The van der Waals surface area contributed by atoms with Gasteiger partial charge in [0.15, 0.2) is 5.82 Å². The van der Waals surface area contributed by atoms with Gasteiger partial charge >= 0.3 is 0 Å². The highest BCUT2D eigenvalue weighted by atomic mass is 15.0. The van der Waals surface area contributed by atoms with Crippen LogP contribution in [0.3, 0.4) is 0 Å². The fraction of sp³-hybridized carbons (Fsp3) is 0.429. The maximum atomic E-state index is 4.56. The summed E-state index contributed by atoms with van der Waals surface area (Å²) < 4.78 is 0. The Hall–Kier alpha value is -1.88. The number of hydrogen-bond donors (Lipinski definition) is 1. The first kappa shape index (κ1) is 12.2. The molecule has 1 fully saturated rings. The molecule has 0 aliphatic heterocycles. The molecule has 0 bridgehead atoms. The minimum Gasteiger partial charge on any atom is -0.310 e. The molecule has 0 unspecified atom stereocenters. The Kier molecular flexibility index (Phi) is 3.21. The Morgan fingerprint density at radius 2 is 1.95 bits per heavy atom. The summed E-state index contributed by atoms with van der Waals surface area (Å²) in [6.07, 6.45) is 5.81. The standard InChI is InChI=1S/C14H17N5/c1-9-12(7-16-11-3-4-11)10(2)19-14(18-9)13-5-6-15-8-17-13/h5-6,8,11,16H,3-4,7H2,1-2H3. The van der Waals surface area contributed by atoms with Gasteiger partial charge in [-0.15, -0.1) is 0 Å². The van der Waals surface area contributed by atoms with Gasteiger partial charge in [0.2, 0.25) is 0 Å². The summed E-state index contributed by atoms with van der Waals surface area (Å²) in [5, 5.41) is 3.51. The molecule has 0 spiro atoms. The first-order chi connectivity index (χ1) is 9.24. The van der Waals surface area contributed by atoms with Crippen LogP contribution in [-0.2, 0) is 6.54 Å². The first-order valence-corrected chi connectivity index (χ1v) is 6.58. The van der Waals surface area contributed by atoms with E-state index < -0.39 is 0 Å². The summed E-state index contributed by atoms with van der Waals surface area (Å²) in [5.74, 6) is 0.674. The van der Waals surface area contributed by atoms with E-state index in [-0.39, 0.29) is 0 Å². The second kappa shape index (κ2) is 5.01. The minimum atomic E-state index is 0.674. The van der Waals surface area contributed by atoms with E-state index in [0.717, 1.165) is 23.6 Å². The highest BCUT2D eigenvalue weighted by Gasteiger charge is 2.21. The zero-order valence-corrected chi connectivity index (χ0v) is 11.2. The van der Waals surface area contributed by atoms with Gasteiger partial charge in [0, 0.05) is 35.7 Å². The van der Waals surface area contributed by atoms with Gasteiger partial charge in [-0.25, -0.2) is 19.9 Å². The molecule has 1 N–H and O–H groups in total. The maximum Gasteiger partial charge on any atom is 0.178 e. The van der Waals surface area contributed by atoms with Crippen LogP contribution in [0.15, 0.2) is 18.6 Å². The van der Waals surface area contributed by atoms with E-state index in [0.29, 0.717) is 11.9 Å². The fourth-order valence-corrected chi connectivity index (χ4v) is 2.07. The minimum absolute atomic E-state index is 0.674. The van der Waals surface area contributed by atoms with Crippen LogP contribution < -0.4 is 5.32 Å². The second-order valence-electron chi connectivity index (χ2n) is 4.95. The van der Waals surface area contributed by atoms with E-state index in [4.69, 9.17) is 0 Å². The van der Waals surface area contributed by atoms with Crippen molar-refractivity contribution in [1.29, 1.82) is 0 Å². The molecule has 5 heteroatoms. The lowest BCUT2D eigenvalue weighted by atomic mass is 10.1. The monoisotopic (exact) mass is 255 g/mol. The Morgan fingerprint density at radius 3 is 2.53 bits per heavy atom. The van der Waals surface area contributed by atoms with Gasteiger partial charge in [0.25, 0.3) is 0 Å². The molecule has 0 amide bonds. The van der Waals surface area contributed by atoms with Crippen molar-refractivity contribution in [2.45, 2.75) is 39.3 Å². The molecule has 3 rings (SSSR count). The third kappa shape index (κ3) is 2.76. The van der Waals surface area contributed by atoms with Crippen LogP contribution in [0.2, 0.25) is 0 Å². The van der Waals surface area contributed by atoms with Gasteiger partial charge in [0.05, 0.1) is 0 Å². The van der Waals surface area contributed by atoms with Crippen LogP contribution in [0.1, 0.15) is 29.8 Å². The van der Waals surface area contributed by atoms with Gasteiger partial charge in [-0.3, -0.25) is 0 Å². The van der Waals surface area contributed by atoms with Gasteiger partial charge in [-0.2, -0.15) is 0 Å². The fourth-order valence-electron chi connectivity index (χ4n) is 2.07. The quantitative estimate of drug-likeness (QED) is 0.902. The number of aryl methyl sites for hydroxylation is 2. The SMILES string of the molecule is Cc1nc(-c2ccncn2)nc(C)c1CNC1CC1. The van der Waals surface area contributed by atoms with E-state index in [9.17, 15) is 0 Å². The number of hydrogen-bond acceptors (Lipinski definition) is 5. The van der Waals surface area contributed by atoms with E-state index in [1.165, 1.54) is 24.7 Å². The smallest absolute Gasteiger partial charge is 0.178 e. The summed E-state index contributed by atoms with van der Waals surface area (Å²) in [6, 6.07) is 2.52. The number of aromatic nitrogens is 4. The summed E-state index contributed by atoms with van der Waals surface area (Å²) in [5.41, 5.74) is 4.01. The van der Waals surface area contributed by atoms with Crippen molar-refractivity contribution in [2.24, 2.45) is 0 Å². The van der Waals surface area contributed by atoms with Crippen LogP contribution >= 0.6 is 0 Å². The van der Waals surface area contributed by atoms with Gasteiger partial charge in [-0.05, 0) is 32.8 Å². The van der Waals surface area contributed by atoms with Crippen LogP contribution in [0.5, 0.6) is 0 Å². The molecule has 1 saturated carbocycles. The molecule has 0 saturated heterocycles. The molecule has 1 aliphatic rings. The molecule has 5 nitrogen and oxygen atoms in total. The van der Waals surface area contributed by atoms with E-state index in [1.54, 1.807) is 6.20 Å². The Bertz CT molecular complexity index is 555. The molecule has 2 aromatic heterocycles. The third-order valence-electron chi connectivity index (χ3n) is 3.38. The average Bonchev–Trinajstić information content (AvgIpc) is 3.23. The molecule has 2 heterocycles. The van der Waals surface area contributed by atoms with Crippen molar-refractivity contribution >= 4 is 0 Å². The molecule has 0 atom stereocenters. The zero-order chi connectivity index (χ0) is 13.2. The predicted molar refractivity (Wildman–Crippen MR) is 72.4 cm³/mol. The van der Waals surface area contributed by atoms with Crippen molar-refractivity contribution in [1.82, 2.24) is 25.3 Å². The lowest BCUT2D eigenvalue weighted by Gasteiger charge is -2.11. The molecular formula is C14H17N5. The predicted octanol–water partition coefficient (Wildman–Crippen LogP) is 1.80. The maximum absolute atomic E-state index is 4.56. The van der Waals surface area contributed by atoms with E-state index in [2.05, 4.69) is 25.3 Å². The molecule has 0 radical (unpaired) electrons. The molecular weight excluding hydrogens is 238 g/mol. The van der Waals surface area contributed by atoms with Crippen molar-refractivity contribution < 1.29 is 0 Å². The van der Waals surface area contributed by atoms with Crippen LogP contribution in [-0.4, -0.2) is 26.0 Å². The Morgan fingerprint density at radius 1 is 1.21 bits per heavy atom. The summed E-state index contributed by atoms with van der Waals surface area (Å²) >= 11 is 0. The molecule has 19 heavy (non-hydrogen) atoms.